The number of rotatable bonds is 4. The lowest BCUT2D eigenvalue weighted by atomic mass is 10.3. The zero-order valence-corrected chi connectivity index (χ0v) is 10.7. The lowest BCUT2D eigenvalue weighted by molar-refractivity contribution is 0.00898. The van der Waals surface area contributed by atoms with E-state index in [-0.39, 0.29) is 0 Å². The average Bonchev–Trinajstić information content (AvgIpc) is 2.65. The van der Waals surface area contributed by atoms with Gasteiger partial charge in [-0.25, -0.2) is 4.98 Å². The summed E-state index contributed by atoms with van der Waals surface area (Å²) in [6, 6.07) is 0. The van der Waals surface area contributed by atoms with Crippen molar-refractivity contribution in [2.45, 2.75) is 19.6 Å². The summed E-state index contributed by atoms with van der Waals surface area (Å²) >= 11 is 1.77. The Bertz CT molecular complexity index is 323. The molecule has 16 heavy (non-hydrogen) atoms. The molecular formula is C11H19N3OS. The van der Waals surface area contributed by atoms with Crippen molar-refractivity contribution >= 4 is 11.3 Å². The van der Waals surface area contributed by atoms with E-state index in [1.165, 1.54) is 4.88 Å². The van der Waals surface area contributed by atoms with Gasteiger partial charge in [-0.3, -0.25) is 4.90 Å². The molecule has 1 aromatic rings. The fourth-order valence-corrected chi connectivity index (χ4v) is 2.77. The summed E-state index contributed by atoms with van der Waals surface area (Å²) < 4.78 is 5.68. The molecule has 2 rings (SSSR count). The third kappa shape index (κ3) is 3.52. The predicted molar refractivity (Wildman–Crippen MR) is 65.8 cm³/mol. The molecule has 0 bridgehead atoms. The molecule has 0 radical (unpaired) electrons. The molecule has 0 aromatic carbocycles. The number of ether oxygens (including phenoxy) is 1. The van der Waals surface area contributed by atoms with Crippen molar-refractivity contribution in [3.05, 3.63) is 16.1 Å². The maximum Gasteiger partial charge on any atom is 0.0897 e. The van der Waals surface area contributed by atoms with Crippen LogP contribution >= 0.6 is 11.3 Å². The molecule has 5 heteroatoms. The van der Waals surface area contributed by atoms with E-state index in [1.54, 1.807) is 11.3 Å². The van der Waals surface area contributed by atoms with Gasteiger partial charge in [0.25, 0.3) is 0 Å². The highest BCUT2D eigenvalue weighted by Crippen LogP contribution is 2.13. The summed E-state index contributed by atoms with van der Waals surface area (Å²) in [4.78, 5) is 7.88. The molecular weight excluding hydrogens is 222 g/mol. The molecule has 1 aliphatic heterocycles. The van der Waals surface area contributed by atoms with Gasteiger partial charge >= 0.3 is 0 Å². The molecule has 2 heterocycles. The predicted octanol–water partition coefficient (Wildman–Crippen LogP) is 0.872. The van der Waals surface area contributed by atoms with Crippen LogP contribution in [0.3, 0.4) is 0 Å². The molecule has 1 atom stereocenters. The summed E-state index contributed by atoms with van der Waals surface area (Å²) in [5, 5.41) is 4.48. The van der Waals surface area contributed by atoms with Crippen LogP contribution in [-0.4, -0.2) is 49.3 Å². The van der Waals surface area contributed by atoms with E-state index in [4.69, 9.17) is 4.74 Å². The van der Waals surface area contributed by atoms with Crippen LogP contribution in [0.25, 0.3) is 0 Å². The van der Waals surface area contributed by atoms with E-state index in [0.29, 0.717) is 6.10 Å². The Morgan fingerprint density at radius 3 is 3.19 bits per heavy atom. The van der Waals surface area contributed by atoms with Gasteiger partial charge in [-0.2, -0.15) is 0 Å². The van der Waals surface area contributed by atoms with E-state index in [2.05, 4.69) is 22.2 Å². The summed E-state index contributed by atoms with van der Waals surface area (Å²) in [6.07, 6.45) is 2.30. The van der Waals surface area contributed by atoms with Crippen molar-refractivity contribution in [2.24, 2.45) is 0 Å². The van der Waals surface area contributed by atoms with Crippen LogP contribution in [0.15, 0.2) is 6.20 Å². The van der Waals surface area contributed by atoms with Crippen LogP contribution in [0, 0.1) is 6.92 Å². The summed E-state index contributed by atoms with van der Waals surface area (Å²) in [5.74, 6) is 0. The first-order valence-electron chi connectivity index (χ1n) is 5.66. The zero-order chi connectivity index (χ0) is 11.4. The molecule has 0 aliphatic carbocycles. The fraction of sp³-hybridized carbons (Fsp3) is 0.727. The van der Waals surface area contributed by atoms with Gasteiger partial charge in [0.05, 0.1) is 17.7 Å². The van der Waals surface area contributed by atoms with Crippen molar-refractivity contribution in [3.8, 4) is 0 Å². The quantitative estimate of drug-likeness (QED) is 0.849. The highest BCUT2D eigenvalue weighted by atomic mass is 32.1. The van der Waals surface area contributed by atoms with Gasteiger partial charge < -0.3 is 10.1 Å². The minimum atomic E-state index is 0.327. The Balaban J connectivity index is 1.77. The molecule has 1 saturated heterocycles. The first kappa shape index (κ1) is 12.0. The minimum absolute atomic E-state index is 0.327. The average molecular weight is 241 g/mol. The first-order chi connectivity index (χ1) is 7.74. The smallest absolute Gasteiger partial charge is 0.0897 e. The number of nitrogens with one attached hydrogen (secondary N) is 1. The molecule has 0 spiro atoms. The molecule has 0 amide bonds. The van der Waals surface area contributed by atoms with E-state index in [0.717, 1.165) is 37.8 Å². The number of aryl methyl sites for hydroxylation is 1. The van der Waals surface area contributed by atoms with E-state index in [9.17, 15) is 0 Å². The van der Waals surface area contributed by atoms with Crippen LogP contribution in [0.5, 0.6) is 0 Å². The lowest BCUT2D eigenvalue weighted by Gasteiger charge is -2.27. The molecule has 1 N–H and O–H groups in total. The molecule has 1 fully saturated rings. The topological polar surface area (TPSA) is 37.4 Å². The number of morpholine rings is 1. The fourth-order valence-electron chi connectivity index (χ4n) is 1.89. The van der Waals surface area contributed by atoms with Crippen molar-refractivity contribution < 1.29 is 4.74 Å². The lowest BCUT2D eigenvalue weighted by Crippen LogP contribution is -2.44. The van der Waals surface area contributed by atoms with Crippen LogP contribution in [0.4, 0.5) is 0 Å². The maximum atomic E-state index is 5.68. The second-order valence-corrected chi connectivity index (χ2v) is 5.56. The Kier molecular flexibility index (Phi) is 4.29. The minimum Gasteiger partial charge on any atom is -0.374 e. The summed E-state index contributed by atoms with van der Waals surface area (Å²) in [6.45, 7) is 6.76. The van der Waals surface area contributed by atoms with Gasteiger partial charge in [0.2, 0.25) is 0 Å². The van der Waals surface area contributed by atoms with Crippen molar-refractivity contribution in [1.82, 2.24) is 15.2 Å². The highest BCUT2D eigenvalue weighted by molar-refractivity contribution is 7.11. The maximum absolute atomic E-state index is 5.68. The number of hydrogen-bond acceptors (Lipinski definition) is 5. The van der Waals surface area contributed by atoms with Crippen molar-refractivity contribution in [1.29, 1.82) is 0 Å². The summed E-state index contributed by atoms with van der Waals surface area (Å²) in [5.41, 5.74) is 0. The Morgan fingerprint density at radius 2 is 2.56 bits per heavy atom. The normalized spacial score (nSPS) is 21.6. The highest BCUT2D eigenvalue weighted by Gasteiger charge is 2.15. The molecule has 0 saturated carbocycles. The van der Waals surface area contributed by atoms with Gasteiger partial charge in [0.15, 0.2) is 0 Å². The van der Waals surface area contributed by atoms with Crippen LogP contribution in [-0.2, 0) is 11.3 Å². The van der Waals surface area contributed by atoms with Gasteiger partial charge in [-0.1, -0.05) is 0 Å². The third-order valence-corrected chi connectivity index (χ3v) is 3.51. The largest absolute Gasteiger partial charge is 0.374 e. The Labute approximate surface area is 101 Å². The number of nitrogens with zero attached hydrogens (tertiary/aromatic N) is 2. The van der Waals surface area contributed by atoms with Crippen LogP contribution < -0.4 is 5.32 Å². The first-order valence-corrected chi connectivity index (χ1v) is 6.48. The number of thiazole rings is 1. The molecule has 1 unspecified atom stereocenters. The molecule has 1 aromatic heterocycles. The Morgan fingerprint density at radius 1 is 1.69 bits per heavy atom. The van der Waals surface area contributed by atoms with Gasteiger partial charge in [-0.05, 0) is 14.0 Å². The molecule has 4 nitrogen and oxygen atoms in total. The molecule has 90 valence electrons. The van der Waals surface area contributed by atoms with Crippen LogP contribution in [0.1, 0.15) is 9.88 Å². The van der Waals surface area contributed by atoms with E-state index >= 15 is 0 Å². The summed E-state index contributed by atoms with van der Waals surface area (Å²) in [7, 11) is 2.13. The number of hydrogen-bond donors (Lipinski definition) is 1. The third-order valence-electron chi connectivity index (χ3n) is 2.61. The number of aromatic nitrogens is 1. The van der Waals surface area contributed by atoms with E-state index < -0.39 is 0 Å². The van der Waals surface area contributed by atoms with Gasteiger partial charge in [0.1, 0.15) is 0 Å². The van der Waals surface area contributed by atoms with Gasteiger partial charge in [-0.15, -0.1) is 11.3 Å². The zero-order valence-electron chi connectivity index (χ0n) is 9.90. The monoisotopic (exact) mass is 241 g/mol. The second kappa shape index (κ2) is 5.72. The standard InChI is InChI=1S/C11H19N3OS/c1-9-13-6-11(16-9)8-14(2)7-10-5-12-3-4-15-10/h6,10,12H,3-5,7-8H2,1-2H3. The van der Waals surface area contributed by atoms with E-state index in [1.807, 2.05) is 13.1 Å². The SMILES string of the molecule is Cc1ncc(CN(C)CC2CNCCO2)s1. The van der Waals surface area contributed by atoms with Crippen molar-refractivity contribution in [2.75, 3.05) is 33.3 Å². The molecule has 1 aliphatic rings. The van der Waals surface area contributed by atoms with Crippen LogP contribution in [0.2, 0.25) is 0 Å². The Hall–Kier alpha value is -0.490. The van der Waals surface area contributed by atoms with Crippen molar-refractivity contribution in [3.63, 3.8) is 0 Å². The number of likely N-dealkylation sites (N-methyl/N-ethyl adjacent to an activating group) is 1. The second-order valence-electron chi connectivity index (χ2n) is 4.24. The van der Waals surface area contributed by atoms with Gasteiger partial charge in [0, 0.05) is 37.3 Å².